The third-order valence-electron chi connectivity index (χ3n) is 14.2. The van der Waals surface area contributed by atoms with E-state index in [-0.39, 0.29) is 0 Å². The molecule has 0 aliphatic heterocycles. The monoisotopic (exact) mass is 902 g/mol. The Morgan fingerprint density at radius 3 is 1.45 bits per heavy atom. The number of hydrogen-bond donors (Lipinski definition) is 0. The number of aromatic nitrogens is 4. The summed E-state index contributed by atoms with van der Waals surface area (Å²) >= 11 is 0. The Morgan fingerprint density at radius 2 is 0.718 bits per heavy atom. The molecule has 14 aromatic rings. The lowest BCUT2D eigenvalue weighted by Gasteiger charge is -2.15. The van der Waals surface area contributed by atoms with Crippen LogP contribution in [0, 0.1) is 0 Å². The molecule has 0 bridgehead atoms. The molecule has 0 N–H and O–H groups in total. The first-order valence-corrected chi connectivity index (χ1v) is 24.2. The Morgan fingerprint density at radius 1 is 0.225 bits per heavy atom. The molecule has 0 amide bonds. The highest BCUT2D eigenvalue weighted by Gasteiger charge is 2.20. The van der Waals surface area contributed by atoms with E-state index in [2.05, 4.69) is 259 Å². The van der Waals surface area contributed by atoms with Crippen LogP contribution in [0.1, 0.15) is 0 Å². The van der Waals surface area contributed by atoms with E-state index < -0.39 is 0 Å². The third-order valence-corrected chi connectivity index (χ3v) is 14.2. The summed E-state index contributed by atoms with van der Waals surface area (Å²) < 4.78 is 2.38. The molecule has 2 aromatic heterocycles. The molecule has 0 unspecified atom stereocenters. The van der Waals surface area contributed by atoms with Crippen molar-refractivity contribution in [1.82, 2.24) is 19.5 Å². The molecule has 4 nitrogen and oxygen atoms in total. The maximum Gasteiger partial charge on any atom is 0.164 e. The minimum Gasteiger partial charge on any atom is -0.309 e. The topological polar surface area (TPSA) is 43.6 Å². The van der Waals surface area contributed by atoms with Crippen LogP contribution < -0.4 is 0 Å². The van der Waals surface area contributed by atoms with E-state index in [9.17, 15) is 0 Å². The van der Waals surface area contributed by atoms with Crippen LogP contribution in [0.3, 0.4) is 0 Å². The van der Waals surface area contributed by atoms with Crippen LogP contribution in [0.2, 0.25) is 0 Å². The van der Waals surface area contributed by atoms with E-state index in [4.69, 9.17) is 15.0 Å². The highest BCUT2D eigenvalue weighted by atomic mass is 15.0. The van der Waals surface area contributed by atoms with Crippen molar-refractivity contribution in [3.63, 3.8) is 0 Å². The Balaban J connectivity index is 0.986. The number of rotatable bonds is 7. The van der Waals surface area contributed by atoms with Crippen LogP contribution in [0.25, 0.3) is 138 Å². The molecule has 0 fully saturated rings. The molecule has 0 radical (unpaired) electrons. The van der Waals surface area contributed by atoms with Crippen LogP contribution in [-0.4, -0.2) is 19.5 Å². The van der Waals surface area contributed by atoms with Crippen LogP contribution in [-0.2, 0) is 0 Å². The lowest BCUT2D eigenvalue weighted by molar-refractivity contribution is 1.07. The lowest BCUT2D eigenvalue weighted by Crippen LogP contribution is -2.02. The van der Waals surface area contributed by atoms with Crippen LogP contribution in [0.5, 0.6) is 0 Å². The first-order valence-electron chi connectivity index (χ1n) is 24.2. The number of nitrogens with zero attached hydrogens (tertiary/aromatic N) is 4. The second-order valence-corrected chi connectivity index (χ2v) is 18.4. The first-order chi connectivity index (χ1) is 35.2. The van der Waals surface area contributed by atoms with Gasteiger partial charge in [0.15, 0.2) is 17.5 Å². The molecule has 0 saturated heterocycles. The summed E-state index contributed by atoms with van der Waals surface area (Å²) in [5, 5.41) is 11.9. The Kier molecular flexibility index (Phi) is 9.49. The summed E-state index contributed by atoms with van der Waals surface area (Å²) in [7, 11) is 0. The second kappa shape index (κ2) is 16.6. The Labute approximate surface area is 410 Å². The Hall–Kier alpha value is -9.51. The van der Waals surface area contributed by atoms with Gasteiger partial charge in [-0.15, -0.1) is 0 Å². The third kappa shape index (κ3) is 7.04. The fraction of sp³-hybridized carbons (Fsp3) is 0. The minimum atomic E-state index is 0.594. The molecule has 0 spiro atoms. The maximum absolute atomic E-state index is 5.48. The van der Waals surface area contributed by atoms with Gasteiger partial charge in [0, 0.05) is 33.2 Å². The lowest BCUT2D eigenvalue weighted by atomic mass is 9.96. The van der Waals surface area contributed by atoms with Gasteiger partial charge in [-0.05, 0) is 119 Å². The largest absolute Gasteiger partial charge is 0.309 e. The number of benzene rings is 12. The molecule has 330 valence electrons. The van der Waals surface area contributed by atoms with Gasteiger partial charge in [-0.2, -0.15) is 0 Å². The van der Waals surface area contributed by atoms with Crippen molar-refractivity contribution >= 4 is 64.9 Å². The van der Waals surface area contributed by atoms with Crippen molar-refractivity contribution in [2.24, 2.45) is 0 Å². The zero-order chi connectivity index (χ0) is 46.8. The van der Waals surface area contributed by atoms with Gasteiger partial charge in [-0.25, -0.2) is 15.0 Å². The van der Waals surface area contributed by atoms with Crippen molar-refractivity contribution in [3.05, 3.63) is 255 Å². The molecule has 0 atom stereocenters. The molecule has 14 rings (SSSR count). The van der Waals surface area contributed by atoms with Gasteiger partial charge in [0.25, 0.3) is 0 Å². The molecule has 0 saturated carbocycles. The molecular formula is C67H42N4. The molecule has 2 heterocycles. The van der Waals surface area contributed by atoms with Crippen molar-refractivity contribution in [2.45, 2.75) is 0 Å². The average Bonchev–Trinajstić information content (AvgIpc) is 3.79. The summed E-state index contributed by atoms with van der Waals surface area (Å²) in [5.74, 6) is 1.82. The van der Waals surface area contributed by atoms with Crippen molar-refractivity contribution in [2.75, 3.05) is 0 Å². The van der Waals surface area contributed by atoms with Crippen LogP contribution in [0.4, 0.5) is 0 Å². The summed E-state index contributed by atoms with van der Waals surface area (Å²) in [6.07, 6.45) is 0. The quantitative estimate of drug-likeness (QED) is 0.150. The smallest absolute Gasteiger partial charge is 0.164 e. The molecule has 12 aromatic carbocycles. The fourth-order valence-electron chi connectivity index (χ4n) is 10.7. The van der Waals surface area contributed by atoms with E-state index in [0.29, 0.717) is 17.5 Å². The van der Waals surface area contributed by atoms with E-state index in [1.165, 1.54) is 54.4 Å². The van der Waals surface area contributed by atoms with Crippen molar-refractivity contribution in [3.8, 4) is 73.2 Å². The number of para-hydroxylation sites is 2. The Bertz CT molecular complexity index is 4340. The molecule has 0 aliphatic carbocycles. The van der Waals surface area contributed by atoms with Crippen LogP contribution >= 0.6 is 0 Å². The van der Waals surface area contributed by atoms with Crippen molar-refractivity contribution < 1.29 is 0 Å². The highest BCUT2D eigenvalue weighted by Crippen LogP contribution is 2.39. The summed E-state index contributed by atoms with van der Waals surface area (Å²) in [6, 6.07) is 91.4. The SMILES string of the molecule is c1ccc2cc(-c3ccc(-c4cc(-c5nc(-c6ccc(-c7cccc8ccccc78)cc6)nc(-c6cc7ccccc7c7ccccc67)n5)cc(-n5c6ccccc6c6ccccc65)c4)cc3)ccc2c1. The van der Waals surface area contributed by atoms with Crippen molar-refractivity contribution in [1.29, 1.82) is 0 Å². The van der Waals surface area contributed by atoms with Gasteiger partial charge >= 0.3 is 0 Å². The predicted molar refractivity (Wildman–Crippen MR) is 297 cm³/mol. The molecular weight excluding hydrogens is 861 g/mol. The average molecular weight is 903 g/mol. The van der Waals surface area contributed by atoms with E-state index in [0.717, 1.165) is 66.3 Å². The second-order valence-electron chi connectivity index (χ2n) is 18.4. The van der Waals surface area contributed by atoms with E-state index in [1.54, 1.807) is 0 Å². The van der Waals surface area contributed by atoms with Gasteiger partial charge in [-0.1, -0.05) is 212 Å². The zero-order valence-corrected chi connectivity index (χ0v) is 38.5. The predicted octanol–water partition coefficient (Wildman–Crippen LogP) is 17.6. The van der Waals surface area contributed by atoms with Crippen LogP contribution in [0.15, 0.2) is 255 Å². The maximum atomic E-state index is 5.48. The normalized spacial score (nSPS) is 11.7. The fourth-order valence-corrected chi connectivity index (χ4v) is 10.7. The highest BCUT2D eigenvalue weighted by molar-refractivity contribution is 6.13. The standard InChI is InChI=1S/C67H42N4/c1-2-16-49-38-50(37-32-43(49)14-1)44-28-30-45(31-29-44)52-39-53(41-54(40-52)71-63-26-11-9-23-60(63)61-24-10-12-27-64(61)71)66-68-65(48-35-33-47(34-36-48)56-25-13-18-46-15-3-5-19-55(46)56)69-67(70-66)62-42-51-17-4-6-20-57(51)58-21-7-8-22-59(58)62/h1-42H. The summed E-state index contributed by atoms with van der Waals surface area (Å²) in [4.78, 5) is 16.3. The van der Waals surface area contributed by atoms with Gasteiger partial charge in [-0.3, -0.25) is 0 Å². The van der Waals surface area contributed by atoms with E-state index >= 15 is 0 Å². The number of fused-ring (bicyclic) bond motifs is 8. The summed E-state index contributed by atoms with van der Waals surface area (Å²) in [6.45, 7) is 0. The first kappa shape index (κ1) is 40.5. The van der Waals surface area contributed by atoms with Gasteiger partial charge in [0.05, 0.1) is 11.0 Å². The van der Waals surface area contributed by atoms with E-state index in [1.807, 2.05) is 0 Å². The van der Waals surface area contributed by atoms with Gasteiger partial charge in [0.1, 0.15) is 0 Å². The molecule has 4 heteroatoms. The molecule has 71 heavy (non-hydrogen) atoms. The van der Waals surface area contributed by atoms with Gasteiger partial charge < -0.3 is 4.57 Å². The minimum absolute atomic E-state index is 0.594. The molecule has 0 aliphatic rings. The zero-order valence-electron chi connectivity index (χ0n) is 38.5. The summed E-state index contributed by atoms with van der Waals surface area (Å²) in [5.41, 5.74) is 12.9. The number of hydrogen-bond acceptors (Lipinski definition) is 3. The van der Waals surface area contributed by atoms with Gasteiger partial charge in [0.2, 0.25) is 0 Å².